The van der Waals surface area contributed by atoms with Crippen molar-refractivity contribution in [1.82, 2.24) is 4.98 Å². The van der Waals surface area contributed by atoms with Gasteiger partial charge in [0.25, 0.3) is 0 Å². The maximum atomic E-state index is 11.5. The normalized spacial score (nSPS) is 15.5. The summed E-state index contributed by atoms with van der Waals surface area (Å²) in [6.45, 7) is 2.14. The summed E-state index contributed by atoms with van der Waals surface area (Å²) < 4.78 is 9.65. The Kier molecular flexibility index (Phi) is 5.64. The number of ether oxygens (including phenoxy) is 2. The van der Waals surface area contributed by atoms with E-state index in [9.17, 15) is 9.59 Å². The van der Waals surface area contributed by atoms with Gasteiger partial charge in [-0.05, 0) is 30.9 Å². The molecule has 0 saturated heterocycles. The van der Waals surface area contributed by atoms with Gasteiger partial charge >= 0.3 is 11.9 Å². The summed E-state index contributed by atoms with van der Waals surface area (Å²) in [7, 11) is 1.43. The number of thiazole rings is 1. The first-order valence-corrected chi connectivity index (χ1v) is 8.88. The molecule has 1 fully saturated rings. The zero-order valence-electron chi connectivity index (χ0n) is 12.2. The molecule has 0 N–H and O–H groups in total. The average molecular weight is 329 g/mol. The van der Waals surface area contributed by atoms with Crippen LogP contribution in [0.2, 0.25) is 0 Å². The Morgan fingerprint density at radius 2 is 2.24 bits per heavy atom. The van der Waals surface area contributed by atoms with Crippen molar-refractivity contribution >= 4 is 35.0 Å². The van der Waals surface area contributed by atoms with Crippen molar-refractivity contribution in [3.05, 3.63) is 16.1 Å². The molecule has 0 spiro atoms. The SMILES string of the molecule is CCOC(=O)c1nc(CSCC2(CC(=O)OC)CC2)cs1. The third-order valence-electron chi connectivity index (χ3n) is 3.36. The van der Waals surface area contributed by atoms with Crippen LogP contribution in [0.25, 0.3) is 0 Å². The Hall–Kier alpha value is -1.08. The van der Waals surface area contributed by atoms with Crippen molar-refractivity contribution in [3.8, 4) is 0 Å². The highest BCUT2D eigenvalue weighted by Gasteiger charge is 2.44. The van der Waals surface area contributed by atoms with Gasteiger partial charge in [-0.1, -0.05) is 0 Å². The molecule has 1 saturated carbocycles. The van der Waals surface area contributed by atoms with Crippen LogP contribution >= 0.6 is 23.1 Å². The smallest absolute Gasteiger partial charge is 0.367 e. The maximum Gasteiger partial charge on any atom is 0.367 e. The van der Waals surface area contributed by atoms with Crippen LogP contribution < -0.4 is 0 Å². The number of rotatable bonds is 8. The minimum atomic E-state index is -0.358. The van der Waals surface area contributed by atoms with E-state index in [1.54, 1.807) is 18.7 Å². The number of carbonyl (C=O) groups excluding carboxylic acids is 2. The monoisotopic (exact) mass is 329 g/mol. The van der Waals surface area contributed by atoms with Gasteiger partial charge in [-0.3, -0.25) is 4.79 Å². The van der Waals surface area contributed by atoms with Gasteiger partial charge < -0.3 is 9.47 Å². The number of thioether (sulfide) groups is 1. The lowest BCUT2D eigenvalue weighted by atomic mass is 10.1. The molecule has 0 unspecified atom stereocenters. The van der Waals surface area contributed by atoms with Crippen LogP contribution in [0.4, 0.5) is 0 Å². The molecular formula is C14H19NO4S2. The molecule has 0 atom stereocenters. The van der Waals surface area contributed by atoms with Crippen LogP contribution in [0.5, 0.6) is 0 Å². The van der Waals surface area contributed by atoms with Crippen molar-refractivity contribution < 1.29 is 19.1 Å². The summed E-state index contributed by atoms with van der Waals surface area (Å²) in [6.07, 6.45) is 2.67. The van der Waals surface area contributed by atoms with E-state index in [1.807, 2.05) is 5.38 Å². The summed E-state index contributed by atoms with van der Waals surface area (Å²) in [6, 6.07) is 0. The molecule has 0 aliphatic heterocycles. The summed E-state index contributed by atoms with van der Waals surface area (Å²) in [4.78, 5) is 27.1. The molecule has 1 heterocycles. The molecule has 7 heteroatoms. The minimum absolute atomic E-state index is 0.123. The third kappa shape index (κ3) is 4.71. The Morgan fingerprint density at radius 1 is 1.48 bits per heavy atom. The fourth-order valence-corrected chi connectivity index (χ4v) is 4.06. The summed E-state index contributed by atoms with van der Waals surface area (Å²) >= 11 is 3.06. The van der Waals surface area contributed by atoms with Gasteiger partial charge in [-0.2, -0.15) is 11.8 Å². The van der Waals surface area contributed by atoms with Crippen molar-refractivity contribution in [2.75, 3.05) is 19.5 Å². The summed E-state index contributed by atoms with van der Waals surface area (Å²) in [5.74, 6) is 1.18. The van der Waals surface area contributed by atoms with Crippen LogP contribution in [-0.2, 0) is 20.0 Å². The van der Waals surface area contributed by atoms with Gasteiger partial charge in [0, 0.05) is 11.1 Å². The van der Waals surface area contributed by atoms with Gasteiger partial charge in [0.05, 0.1) is 25.8 Å². The zero-order chi connectivity index (χ0) is 15.3. The van der Waals surface area contributed by atoms with Crippen LogP contribution in [0.1, 0.15) is 41.7 Å². The van der Waals surface area contributed by atoms with E-state index in [-0.39, 0.29) is 17.4 Å². The van der Waals surface area contributed by atoms with E-state index < -0.39 is 0 Å². The number of hydrogen-bond donors (Lipinski definition) is 0. The van der Waals surface area contributed by atoms with E-state index in [0.717, 1.165) is 30.0 Å². The van der Waals surface area contributed by atoms with Crippen LogP contribution in [-0.4, -0.2) is 36.4 Å². The van der Waals surface area contributed by atoms with Crippen LogP contribution in [0.15, 0.2) is 5.38 Å². The Bertz CT molecular complexity index is 511. The van der Waals surface area contributed by atoms with Gasteiger partial charge in [0.2, 0.25) is 5.01 Å². The number of esters is 2. The van der Waals surface area contributed by atoms with Crippen molar-refractivity contribution in [1.29, 1.82) is 0 Å². The van der Waals surface area contributed by atoms with E-state index in [1.165, 1.54) is 18.4 Å². The van der Waals surface area contributed by atoms with Gasteiger partial charge in [-0.25, -0.2) is 9.78 Å². The van der Waals surface area contributed by atoms with E-state index in [2.05, 4.69) is 4.98 Å². The molecule has 116 valence electrons. The van der Waals surface area contributed by atoms with Gasteiger partial charge in [0.1, 0.15) is 0 Å². The zero-order valence-corrected chi connectivity index (χ0v) is 13.8. The highest BCUT2D eigenvalue weighted by Crippen LogP contribution is 2.51. The van der Waals surface area contributed by atoms with E-state index in [4.69, 9.17) is 9.47 Å². The lowest BCUT2D eigenvalue weighted by Gasteiger charge is -2.12. The first-order chi connectivity index (χ1) is 10.1. The Labute approximate surface area is 132 Å². The van der Waals surface area contributed by atoms with Crippen LogP contribution in [0.3, 0.4) is 0 Å². The number of methoxy groups -OCH3 is 1. The first-order valence-electron chi connectivity index (χ1n) is 6.84. The molecule has 1 aromatic rings. The lowest BCUT2D eigenvalue weighted by Crippen LogP contribution is -2.13. The standard InChI is InChI=1S/C14H19NO4S2/c1-3-19-13(17)12-15-10(8-21-12)7-20-9-14(4-5-14)6-11(16)18-2/h8H,3-7,9H2,1-2H3. The molecule has 21 heavy (non-hydrogen) atoms. The molecule has 0 bridgehead atoms. The second-order valence-electron chi connectivity index (χ2n) is 5.11. The highest BCUT2D eigenvalue weighted by molar-refractivity contribution is 7.98. The molecule has 5 nitrogen and oxygen atoms in total. The predicted molar refractivity (Wildman–Crippen MR) is 82.5 cm³/mol. The fourth-order valence-electron chi connectivity index (χ4n) is 1.96. The average Bonchev–Trinajstić information content (AvgIpc) is 3.05. The molecular weight excluding hydrogens is 310 g/mol. The predicted octanol–water partition coefficient (Wildman–Crippen LogP) is 2.90. The molecule has 1 aromatic heterocycles. The minimum Gasteiger partial charge on any atom is -0.469 e. The number of hydrogen-bond acceptors (Lipinski definition) is 7. The summed E-state index contributed by atoms with van der Waals surface area (Å²) in [5, 5.41) is 2.29. The maximum absolute atomic E-state index is 11.5. The summed E-state index contributed by atoms with van der Waals surface area (Å²) in [5.41, 5.74) is 1.01. The Balaban J connectivity index is 1.76. The molecule has 1 aliphatic rings. The second-order valence-corrected chi connectivity index (χ2v) is 6.95. The molecule has 0 aromatic carbocycles. The number of nitrogens with zero attached hydrogens (tertiary/aromatic N) is 1. The topological polar surface area (TPSA) is 65.5 Å². The third-order valence-corrected chi connectivity index (χ3v) is 5.55. The van der Waals surface area contributed by atoms with Crippen LogP contribution in [0, 0.1) is 5.41 Å². The van der Waals surface area contributed by atoms with E-state index in [0.29, 0.717) is 18.0 Å². The fraction of sp³-hybridized carbons (Fsp3) is 0.643. The van der Waals surface area contributed by atoms with Gasteiger partial charge in [0.15, 0.2) is 0 Å². The first kappa shape index (κ1) is 16.3. The van der Waals surface area contributed by atoms with Gasteiger partial charge in [-0.15, -0.1) is 11.3 Å². The highest BCUT2D eigenvalue weighted by atomic mass is 32.2. The van der Waals surface area contributed by atoms with Crippen molar-refractivity contribution in [3.63, 3.8) is 0 Å². The molecule has 0 radical (unpaired) electrons. The molecule has 1 aliphatic carbocycles. The quantitative estimate of drug-likeness (QED) is 0.683. The largest absolute Gasteiger partial charge is 0.469 e. The molecule has 0 amide bonds. The van der Waals surface area contributed by atoms with E-state index >= 15 is 0 Å². The number of carbonyl (C=O) groups is 2. The second kappa shape index (κ2) is 7.26. The lowest BCUT2D eigenvalue weighted by molar-refractivity contribution is -0.141. The van der Waals surface area contributed by atoms with Crippen molar-refractivity contribution in [2.24, 2.45) is 5.41 Å². The molecule has 2 rings (SSSR count). The Morgan fingerprint density at radius 3 is 2.86 bits per heavy atom. The number of aromatic nitrogens is 1. The van der Waals surface area contributed by atoms with Crippen molar-refractivity contribution in [2.45, 2.75) is 31.9 Å².